The number of hydrogen-bond donors (Lipinski definition) is 0. The van der Waals surface area contributed by atoms with E-state index in [0.29, 0.717) is 0 Å². The van der Waals surface area contributed by atoms with E-state index < -0.39 is 5.41 Å². The van der Waals surface area contributed by atoms with Gasteiger partial charge < -0.3 is 4.90 Å². The summed E-state index contributed by atoms with van der Waals surface area (Å²) in [5.74, 6) is 0. The van der Waals surface area contributed by atoms with Crippen molar-refractivity contribution in [3.8, 4) is 44.5 Å². The number of aryl methyl sites for hydroxylation is 2. The first-order chi connectivity index (χ1) is 26.9. The second-order valence-corrected chi connectivity index (χ2v) is 16.1. The van der Waals surface area contributed by atoms with Crippen molar-refractivity contribution in [3.05, 3.63) is 220 Å². The monoisotopic (exact) mass is 703 g/mol. The zero-order chi connectivity index (χ0) is 37.1. The molecule has 0 saturated carbocycles. The van der Waals surface area contributed by atoms with Crippen molar-refractivity contribution in [1.82, 2.24) is 0 Å². The molecular formula is C54H41N. The molecule has 0 unspecified atom stereocenters. The number of fused-ring (bicyclic) bond motifs is 13. The third-order valence-electron chi connectivity index (χ3n) is 12.9. The summed E-state index contributed by atoms with van der Waals surface area (Å²) in [7, 11) is 0. The van der Waals surface area contributed by atoms with E-state index in [1.54, 1.807) is 0 Å². The molecule has 1 spiro atoms. The molecule has 11 rings (SSSR count). The number of para-hydroxylation sites is 1. The van der Waals surface area contributed by atoms with Gasteiger partial charge in [0.2, 0.25) is 0 Å². The van der Waals surface area contributed by atoms with Gasteiger partial charge in [-0.05, 0) is 128 Å². The van der Waals surface area contributed by atoms with Crippen molar-refractivity contribution in [3.63, 3.8) is 0 Å². The van der Waals surface area contributed by atoms with E-state index >= 15 is 0 Å². The Kier molecular flexibility index (Phi) is 6.72. The van der Waals surface area contributed by atoms with E-state index in [1.165, 1.54) is 89.0 Å². The van der Waals surface area contributed by atoms with Crippen molar-refractivity contribution < 1.29 is 0 Å². The van der Waals surface area contributed by atoms with Crippen LogP contribution in [0.25, 0.3) is 44.5 Å². The van der Waals surface area contributed by atoms with Crippen molar-refractivity contribution in [2.75, 3.05) is 4.90 Å². The number of hydrogen-bond acceptors (Lipinski definition) is 1. The summed E-state index contributed by atoms with van der Waals surface area (Å²) in [4.78, 5) is 2.52. The molecule has 0 atom stereocenters. The molecule has 0 fully saturated rings. The van der Waals surface area contributed by atoms with Gasteiger partial charge in [0.05, 0.1) is 11.1 Å². The van der Waals surface area contributed by atoms with Crippen LogP contribution in [0.15, 0.2) is 176 Å². The normalized spacial score (nSPS) is 14.5. The van der Waals surface area contributed by atoms with Gasteiger partial charge in [-0.25, -0.2) is 0 Å². The quantitative estimate of drug-likeness (QED) is 0.176. The molecule has 0 bridgehead atoms. The average Bonchev–Trinajstić information content (AvgIpc) is 3.78. The predicted octanol–water partition coefficient (Wildman–Crippen LogP) is 14.1. The van der Waals surface area contributed by atoms with Crippen LogP contribution in [0.2, 0.25) is 0 Å². The second-order valence-electron chi connectivity index (χ2n) is 16.1. The number of anilines is 3. The molecule has 0 aromatic heterocycles. The standard InChI is InChI=1S/C54H41N/c1-34-16-14-25-46-51(34)52-35(2)17-15-26-47(52)54(46)45-24-12-9-22-41(45)43-31-29-38(33-49(43)54)55(50-27-13-10-20-39(50)36-18-6-5-7-19-36)37-28-30-42-40-21-8-11-23-44(40)53(3,4)48(42)32-37/h5-33H,1-4H3. The van der Waals surface area contributed by atoms with Gasteiger partial charge in [0.15, 0.2) is 0 Å². The van der Waals surface area contributed by atoms with Crippen LogP contribution in [0.4, 0.5) is 17.1 Å². The molecule has 3 aliphatic carbocycles. The predicted molar refractivity (Wildman–Crippen MR) is 230 cm³/mol. The Bertz CT molecular complexity index is 2820. The zero-order valence-corrected chi connectivity index (χ0v) is 31.7. The molecule has 0 N–H and O–H groups in total. The molecule has 0 saturated heterocycles. The number of benzene rings is 8. The van der Waals surface area contributed by atoms with Crippen LogP contribution in [-0.4, -0.2) is 0 Å². The Balaban J connectivity index is 1.21. The van der Waals surface area contributed by atoms with E-state index in [4.69, 9.17) is 0 Å². The van der Waals surface area contributed by atoms with Gasteiger partial charge >= 0.3 is 0 Å². The molecule has 8 aromatic carbocycles. The summed E-state index contributed by atoms with van der Waals surface area (Å²) in [5.41, 5.74) is 24.3. The minimum atomic E-state index is -0.434. The van der Waals surface area contributed by atoms with Crippen LogP contribution < -0.4 is 4.90 Å². The lowest BCUT2D eigenvalue weighted by Crippen LogP contribution is -2.26. The lowest BCUT2D eigenvalue weighted by atomic mass is 9.70. The molecule has 55 heavy (non-hydrogen) atoms. The van der Waals surface area contributed by atoms with Gasteiger partial charge in [0.1, 0.15) is 0 Å². The van der Waals surface area contributed by atoms with Gasteiger partial charge in [-0.15, -0.1) is 0 Å². The summed E-state index contributed by atoms with van der Waals surface area (Å²) < 4.78 is 0. The van der Waals surface area contributed by atoms with E-state index in [2.05, 4.69) is 209 Å². The van der Waals surface area contributed by atoms with E-state index in [0.717, 1.165) is 17.1 Å². The molecule has 0 heterocycles. The topological polar surface area (TPSA) is 3.24 Å². The highest BCUT2D eigenvalue weighted by Crippen LogP contribution is 2.64. The molecular weight excluding hydrogens is 663 g/mol. The summed E-state index contributed by atoms with van der Waals surface area (Å²) in [6.45, 7) is 9.31. The van der Waals surface area contributed by atoms with Gasteiger partial charge in [0, 0.05) is 22.4 Å². The highest BCUT2D eigenvalue weighted by molar-refractivity contribution is 5.98. The van der Waals surface area contributed by atoms with E-state index in [1.807, 2.05) is 0 Å². The van der Waals surface area contributed by atoms with Gasteiger partial charge in [0.25, 0.3) is 0 Å². The zero-order valence-electron chi connectivity index (χ0n) is 31.7. The lowest BCUT2D eigenvalue weighted by molar-refractivity contribution is 0.660. The fourth-order valence-electron chi connectivity index (χ4n) is 10.5. The molecule has 262 valence electrons. The third kappa shape index (κ3) is 4.24. The average molecular weight is 704 g/mol. The van der Waals surface area contributed by atoms with E-state index in [9.17, 15) is 0 Å². The van der Waals surface area contributed by atoms with Crippen LogP contribution in [0, 0.1) is 13.8 Å². The summed E-state index contributed by atoms with van der Waals surface area (Å²) in [6, 6.07) is 66.1. The molecule has 0 radical (unpaired) electrons. The first kappa shape index (κ1) is 32.0. The van der Waals surface area contributed by atoms with Crippen LogP contribution in [0.3, 0.4) is 0 Å². The maximum absolute atomic E-state index is 2.52. The largest absolute Gasteiger partial charge is 0.310 e. The lowest BCUT2D eigenvalue weighted by Gasteiger charge is -2.33. The second kappa shape index (κ2) is 11.5. The van der Waals surface area contributed by atoms with Crippen molar-refractivity contribution in [1.29, 1.82) is 0 Å². The van der Waals surface area contributed by atoms with E-state index in [-0.39, 0.29) is 5.41 Å². The van der Waals surface area contributed by atoms with Crippen LogP contribution >= 0.6 is 0 Å². The fourth-order valence-corrected chi connectivity index (χ4v) is 10.5. The molecule has 8 aromatic rings. The minimum Gasteiger partial charge on any atom is -0.310 e. The minimum absolute atomic E-state index is 0.122. The van der Waals surface area contributed by atoms with Crippen molar-refractivity contribution in [2.45, 2.75) is 38.5 Å². The van der Waals surface area contributed by atoms with Gasteiger partial charge in [-0.1, -0.05) is 159 Å². The molecule has 0 amide bonds. The molecule has 3 aliphatic rings. The summed E-state index contributed by atoms with van der Waals surface area (Å²) >= 11 is 0. The first-order valence-electron chi connectivity index (χ1n) is 19.5. The first-order valence-corrected chi connectivity index (χ1v) is 19.5. The molecule has 1 nitrogen and oxygen atoms in total. The Morgan fingerprint density at radius 2 is 0.836 bits per heavy atom. The third-order valence-corrected chi connectivity index (χ3v) is 12.9. The maximum Gasteiger partial charge on any atom is 0.0726 e. The van der Waals surface area contributed by atoms with Crippen LogP contribution in [0.1, 0.15) is 58.4 Å². The Hall–Kier alpha value is -6.44. The Labute approximate surface area is 324 Å². The van der Waals surface area contributed by atoms with Crippen molar-refractivity contribution >= 4 is 17.1 Å². The van der Waals surface area contributed by atoms with Crippen molar-refractivity contribution in [2.24, 2.45) is 0 Å². The van der Waals surface area contributed by atoms with Crippen LogP contribution in [0.5, 0.6) is 0 Å². The SMILES string of the molecule is Cc1cccc2c1-c1c(C)cccc1C21c2ccccc2-c2ccc(N(c3ccc4c(c3)C(C)(C)c3ccccc3-4)c3ccccc3-c3ccccc3)cc21. The highest BCUT2D eigenvalue weighted by atomic mass is 15.1. The molecule has 1 heteroatoms. The molecule has 0 aliphatic heterocycles. The van der Waals surface area contributed by atoms with Gasteiger partial charge in [-0.2, -0.15) is 0 Å². The summed E-state index contributed by atoms with van der Waals surface area (Å²) in [6.07, 6.45) is 0. The maximum atomic E-state index is 2.52. The Morgan fingerprint density at radius 3 is 1.49 bits per heavy atom. The highest BCUT2D eigenvalue weighted by Gasteiger charge is 2.52. The number of rotatable bonds is 4. The Morgan fingerprint density at radius 1 is 0.364 bits per heavy atom. The fraction of sp³-hybridized carbons (Fsp3) is 0.111. The smallest absolute Gasteiger partial charge is 0.0726 e. The van der Waals surface area contributed by atoms with Crippen LogP contribution in [-0.2, 0) is 10.8 Å². The van der Waals surface area contributed by atoms with Gasteiger partial charge in [-0.3, -0.25) is 0 Å². The number of nitrogens with zero attached hydrogens (tertiary/aromatic N) is 1. The summed E-state index contributed by atoms with van der Waals surface area (Å²) in [5, 5.41) is 0.